The molecule has 0 amide bonds. The van der Waals surface area contributed by atoms with Gasteiger partial charge in [-0.1, -0.05) is 13.8 Å². The minimum Gasteiger partial charge on any atom is -0.310 e. The molecule has 0 spiro atoms. The third-order valence-corrected chi connectivity index (χ3v) is 6.28. The second-order valence-corrected chi connectivity index (χ2v) is 8.41. The fraction of sp³-hybridized carbons (Fsp3) is 0.692. The number of nitrogens with one attached hydrogen (secondary N) is 2. The zero-order chi connectivity index (χ0) is 14.1. The maximum absolute atomic E-state index is 12.4. The fourth-order valence-electron chi connectivity index (χ4n) is 2.18. The van der Waals surface area contributed by atoms with E-state index in [1.165, 1.54) is 11.3 Å². The molecule has 108 valence electrons. The van der Waals surface area contributed by atoms with E-state index in [1.54, 1.807) is 6.07 Å². The van der Waals surface area contributed by atoms with Gasteiger partial charge in [0.15, 0.2) is 0 Å². The van der Waals surface area contributed by atoms with Gasteiger partial charge in [-0.3, -0.25) is 0 Å². The summed E-state index contributed by atoms with van der Waals surface area (Å²) in [5, 5.41) is 5.11. The van der Waals surface area contributed by atoms with E-state index in [0.29, 0.717) is 17.5 Å². The molecule has 2 N–H and O–H groups in total. The van der Waals surface area contributed by atoms with Crippen LogP contribution in [0.3, 0.4) is 0 Å². The maximum Gasteiger partial charge on any atom is 0.242 e. The summed E-state index contributed by atoms with van der Waals surface area (Å²) in [6.45, 7) is 6.68. The first-order valence-electron chi connectivity index (χ1n) is 6.66. The van der Waals surface area contributed by atoms with Crippen LogP contribution in [-0.2, 0) is 16.6 Å². The highest BCUT2D eigenvalue weighted by atomic mass is 32.2. The topological polar surface area (TPSA) is 58.2 Å². The van der Waals surface area contributed by atoms with Gasteiger partial charge in [0.25, 0.3) is 0 Å². The van der Waals surface area contributed by atoms with E-state index in [0.717, 1.165) is 24.1 Å². The third kappa shape index (κ3) is 3.56. The molecule has 1 saturated carbocycles. The first kappa shape index (κ1) is 15.0. The van der Waals surface area contributed by atoms with Crippen LogP contribution < -0.4 is 10.0 Å². The Morgan fingerprint density at radius 1 is 1.42 bits per heavy atom. The molecule has 0 bridgehead atoms. The van der Waals surface area contributed by atoms with Crippen LogP contribution in [0, 0.1) is 0 Å². The summed E-state index contributed by atoms with van der Waals surface area (Å²) < 4.78 is 27.7. The fourth-order valence-corrected chi connectivity index (χ4v) is 5.04. The normalized spacial score (nSPS) is 18.5. The number of hydrogen-bond donors (Lipinski definition) is 2. The summed E-state index contributed by atoms with van der Waals surface area (Å²) in [7, 11) is -3.39. The average molecular weight is 302 g/mol. The maximum atomic E-state index is 12.4. The Morgan fingerprint density at radius 3 is 2.63 bits per heavy atom. The lowest BCUT2D eigenvalue weighted by Gasteiger charge is -2.38. The van der Waals surface area contributed by atoms with Gasteiger partial charge in [0.1, 0.15) is 0 Å². The van der Waals surface area contributed by atoms with Crippen molar-refractivity contribution < 1.29 is 8.42 Å². The average Bonchev–Trinajstić information content (AvgIpc) is 2.72. The van der Waals surface area contributed by atoms with Crippen LogP contribution in [0.2, 0.25) is 0 Å². The second kappa shape index (κ2) is 5.52. The molecule has 0 atom stereocenters. The lowest BCUT2D eigenvalue weighted by atomic mass is 9.80. The molecule has 1 fully saturated rings. The molecular formula is C13H22N2O2S2. The van der Waals surface area contributed by atoms with Crippen molar-refractivity contribution in [2.45, 2.75) is 63.1 Å². The molecule has 1 aliphatic rings. The molecule has 1 aromatic heterocycles. The predicted octanol–water partition coefficient (Wildman–Crippen LogP) is 2.47. The summed E-state index contributed by atoms with van der Waals surface area (Å²) >= 11 is 1.49. The zero-order valence-corrected chi connectivity index (χ0v) is 13.3. The Balaban J connectivity index is 2.14. The lowest BCUT2D eigenvalue weighted by Crippen LogP contribution is -2.50. The summed E-state index contributed by atoms with van der Waals surface area (Å²) in [5.41, 5.74) is -0.247. The Hall–Kier alpha value is -0.430. The van der Waals surface area contributed by atoms with Crippen molar-refractivity contribution in [2.24, 2.45) is 0 Å². The Bertz CT molecular complexity index is 531. The van der Waals surface area contributed by atoms with Crippen molar-refractivity contribution in [1.82, 2.24) is 10.0 Å². The van der Waals surface area contributed by atoms with Gasteiger partial charge in [0, 0.05) is 23.0 Å². The van der Waals surface area contributed by atoms with Crippen molar-refractivity contribution in [3.63, 3.8) is 0 Å². The third-order valence-electron chi connectivity index (χ3n) is 3.50. The van der Waals surface area contributed by atoms with E-state index in [2.05, 4.69) is 23.9 Å². The van der Waals surface area contributed by atoms with Gasteiger partial charge in [-0.05, 0) is 37.6 Å². The van der Waals surface area contributed by atoms with Crippen LogP contribution in [-0.4, -0.2) is 20.0 Å². The highest BCUT2D eigenvalue weighted by Gasteiger charge is 2.36. The van der Waals surface area contributed by atoms with Crippen LogP contribution in [0.25, 0.3) is 0 Å². The molecular weight excluding hydrogens is 280 g/mol. The monoisotopic (exact) mass is 302 g/mol. The van der Waals surface area contributed by atoms with Crippen molar-refractivity contribution in [3.8, 4) is 0 Å². The van der Waals surface area contributed by atoms with Gasteiger partial charge in [-0.2, -0.15) is 0 Å². The predicted molar refractivity (Wildman–Crippen MR) is 78.9 cm³/mol. The van der Waals surface area contributed by atoms with E-state index >= 15 is 0 Å². The number of hydrogen-bond acceptors (Lipinski definition) is 4. The Labute approximate surface area is 119 Å². The van der Waals surface area contributed by atoms with E-state index in [-0.39, 0.29) is 5.54 Å². The van der Waals surface area contributed by atoms with Gasteiger partial charge in [0.05, 0.1) is 4.90 Å². The summed E-state index contributed by atoms with van der Waals surface area (Å²) in [5.74, 6) is 0. The standard InChI is InChI=1S/C13H22N2O2S2/c1-10(2)14-9-11-12(5-8-18-11)19(16,17)15-13(3)6-4-7-13/h5,8,10,14-15H,4,6-7,9H2,1-3H3. The number of sulfonamides is 1. The molecule has 0 saturated heterocycles. The molecule has 1 heterocycles. The number of rotatable bonds is 6. The smallest absolute Gasteiger partial charge is 0.242 e. The highest BCUT2D eigenvalue weighted by molar-refractivity contribution is 7.89. The molecule has 0 aliphatic heterocycles. The van der Waals surface area contributed by atoms with Crippen LogP contribution in [0.1, 0.15) is 44.9 Å². The first-order valence-corrected chi connectivity index (χ1v) is 9.02. The van der Waals surface area contributed by atoms with Crippen molar-refractivity contribution in [3.05, 3.63) is 16.3 Å². The van der Waals surface area contributed by atoms with Gasteiger partial charge >= 0.3 is 0 Å². The van der Waals surface area contributed by atoms with Gasteiger partial charge < -0.3 is 5.32 Å². The molecule has 1 aliphatic carbocycles. The molecule has 0 unspecified atom stereocenters. The minimum atomic E-state index is -3.39. The molecule has 4 nitrogen and oxygen atoms in total. The van der Waals surface area contributed by atoms with Crippen molar-refractivity contribution in [2.75, 3.05) is 0 Å². The second-order valence-electron chi connectivity index (χ2n) is 5.76. The van der Waals surface area contributed by atoms with Crippen LogP contribution >= 0.6 is 11.3 Å². The van der Waals surface area contributed by atoms with Crippen LogP contribution in [0.4, 0.5) is 0 Å². The molecule has 0 radical (unpaired) electrons. The van der Waals surface area contributed by atoms with E-state index in [9.17, 15) is 8.42 Å². The van der Waals surface area contributed by atoms with Crippen LogP contribution in [0.5, 0.6) is 0 Å². The molecule has 6 heteroatoms. The SMILES string of the molecule is CC(C)NCc1sccc1S(=O)(=O)NC1(C)CCC1. The Kier molecular flexibility index (Phi) is 4.35. The van der Waals surface area contributed by atoms with Gasteiger partial charge in [0.2, 0.25) is 10.0 Å². The number of thiophene rings is 1. The van der Waals surface area contributed by atoms with Gasteiger partial charge in [-0.15, -0.1) is 11.3 Å². The zero-order valence-electron chi connectivity index (χ0n) is 11.7. The quantitative estimate of drug-likeness (QED) is 0.848. The molecule has 2 rings (SSSR count). The van der Waals surface area contributed by atoms with E-state index in [4.69, 9.17) is 0 Å². The Morgan fingerprint density at radius 2 is 2.11 bits per heavy atom. The van der Waals surface area contributed by atoms with E-state index < -0.39 is 10.0 Å². The molecule has 0 aromatic carbocycles. The minimum absolute atomic E-state index is 0.247. The highest BCUT2D eigenvalue weighted by Crippen LogP contribution is 2.33. The summed E-state index contributed by atoms with van der Waals surface area (Å²) in [6, 6.07) is 2.04. The summed E-state index contributed by atoms with van der Waals surface area (Å²) in [4.78, 5) is 1.31. The van der Waals surface area contributed by atoms with Gasteiger partial charge in [-0.25, -0.2) is 13.1 Å². The van der Waals surface area contributed by atoms with Crippen molar-refractivity contribution >= 4 is 21.4 Å². The molecule has 19 heavy (non-hydrogen) atoms. The summed E-state index contributed by atoms with van der Waals surface area (Å²) in [6.07, 6.45) is 2.95. The van der Waals surface area contributed by atoms with Crippen LogP contribution in [0.15, 0.2) is 16.3 Å². The largest absolute Gasteiger partial charge is 0.310 e. The van der Waals surface area contributed by atoms with Crippen molar-refractivity contribution in [1.29, 1.82) is 0 Å². The van der Waals surface area contributed by atoms with E-state index in [1.807, 2.05) is 12.3 Å². The molecule has 1 aromatic rings. The first-order chi connectivity index (χ1) is 8.82. The lowest BCUT2D eigenvalue weighted by molar-refractivity contribution is 0.248.